The zero-order valence-electron chi connectivity index (χ0n) is 19.4. The number of nitrogens with two attached hydrogens (primary N) is 1. The molecule has 2 aromatic rings. The number of ketones is 1. The van der Waals surface area contributed by atoms with Gasteiger partial charge in [0.25, 0.3) is 6.48 Å². The summed E-state index contributed by atoms with van der Waals surface area (Å²) in [5.41, 5.74) is 4.28. The first-order valence-electron chi connectivity index (χ1n) is 10.5. The minimum atomic E-state index is -0.514. The molecule has 1 aliphatic heterocycles. The van der Waals surface area contributed by atoms with Gasteiger partial charge in [-0.2, -0.15) is 0 Å². The van der Waals surface area contributed by atoms with Gasteiger partial charge in [0.05, 0.1) is 15.8 Å². The average Bonchev–Trinajstić information content (AvgIpc) is 3.45. The molecule has 1 aromatic heterocycles. The maximum absolute atomic E-state index is 12.2. The number of nitrogens with one attached hydrogen (secondary N) is 2. The number of nitrogens with zero attached hydrogens (tertiary/aromatic N) is 1. The minimum Gasteiger partial charge on any atom is -0.444 e. The molecule has 0 spiro atoms. The van der Waals surface area contributed by atoms with Gasteiger partial charge in [-0.05, 0) is 42.8 Å². The highest BCUT2D eigenvalue weighted by molar-refractivity contribution is 7.18. The van der Waals surface area contributed by atoms with Crippen molar-refractivity contribution in [2.75, 3.05) is 51.2 Å². The van der Waals surface area contributed by atoms with E-state index in [9.17, 15) is 9.59 Å². The number of halogens is 1. The van der Waals surface area contributed by atoms with Crippen LogP contribution in [0.1, 0.15) is 22.5 Å². The maximum Gasteiger partial charge on any atom is 0.414 e. The number of rotatable bonds is 12. The number of amides is 1. The number of Topliss-reactive ketones (excluding diaryl/α,β-unsaturated/α-hetero) is 1. The van der Waals surface area contributed by atoms with E-state index in [1.807, 2.05) is 24.3 Å². The number of carbonyl (C=O) groups excluding carboxylic acids is 2. The molecular weight excluding hydrogens is 484 g/mol. The van der Waals surface area contributed by atoms with Crippen molar-refractivity contribution in [3.8, 4) is 0 Å². The molecule has 0 bridgehead atoms. The highest BCUT2D eigenvalue weighted by Gasteiger charge is 2.32. The second-order valence-corrected chi connectivity index (χ2v) is 8.82. The summed E-state index contributed by atoms with van der Waals surface area (Å²) in [4.78, 5) is 26.6. The third kappa shape index (κ3) is 8.84. The van der Waals surface area contributed by atoms with Crippen molar-refractivity contribution in [1.82, 2.24) is 5.43 Å². The Hall–Kier alpha value is -2.25. The van der Waals surface area contributed by atoms with Gasteiger partial charge in [0.15, 0.2) is 5.78 Å². The summed E-state index contributed by atoms with van der Waals surface area (Å²) in [7, 11) is 4.53. The quantitative estimate of drug-likeness (QED) is 0.128. The number of methoxy groups -OCH3 is 3. The molecule has 1 aromatic carbocycles. The lowest BCUT2D eigenvalue weighted by Crippen LogP contribution is -2.28. The summed E-state index contributed by atoms with van der Waals surface area (Å²) >= 11 is 7.13. The summed E-state index contributed by atoms with van der Waals surface area (Å²) in [6, 6.07) is 11.0. The van der Waals surface area contributed by atoms with Gasteiger partial charge >= 0.3 is 6.09 Å². The summed E-state index contributed by atoms with van der Waals surface area (Å²) in [5.74, 6) is 5.25. The molecule has 34 heavy (non-hydrogen) atoms. The van der Waals surface area contributed by atoms with Gasteiger partial charge in [-0.15, -0.1) is 11.3 Å². The Morgan fingerprint density at radius 1 is 1.18 bits per heavy atom. The molecule has 10 nitrogen and oxygen atoms in total. The van der Waals surface area contributed by atoms with Gasteiger partial charge in [0.1, 0.15) is 6.10 Å². The molecule has 0 radical (unpaired) electrons. The predicted octanol–water partition coefficient (Wildman–Crippen LogP) is 3.47. The van der Waals surface area contributed by atoms with Crippen LogP contribution in [-0.2, 0) is 18.9 Å². The number of hydrazine groups is 1. The van der Waals surface area contributed by atoms with Crippen molar-refractivity contribution in [3.63, 3.8) is 0 Å². The fourth-order valence-corrected chi connectivity index (χ4v) is 4.10. The van der Waals surface area contributed by atoms with Crippen LogP contribution in [0.2, 0.25) is 4.34 Å². The SMILES string of the molecule is COC(OC)OC.NNCCNc1ccc(N2C[C@H](CCC(=O)c3ccc(Cl)s3)OC2=O)cc1. The fourth-order valence-electron chi connectivity index (χ4n) is 3.09. The number of carbonyl (C=O) groups is 2. The van der Waals surface area contributed by atoms with Crippen LogP contribution in [0.15, 0.2) is 36.4 Å². The molecule has 0 unspecified atom stereocenters. The Kier molecular flexibility index (Phi) is 12.3. The minimum absolute atomic E-state index is 0.0174. The molecule has 4 N–H and O–H groups in total. The van der Waals surface area contributed by atoms with Gasteiger partial charge < -0.3 is 24.3 Å². The zero-order valence-corrected chi connectivity index (χ0v) is 21.0. The number of benzene rings is 1. The highest BCUT2D eigenvalue weighted by Crippen LogP contribution is 2.27. The van der Waals surface area contributed by atoms with E-state index in [0.29, 0.717) is 41.7 Å². The van der Waals surface area contributed by atoms with E-state index in [4.69, 9.17) is 22.2 Å². The number of thiophene rings is 1. The van der Waals surface area contributed by atoms with Crippen LogP contribution < -0.4 is 21.5 Å². The number of hydrogen-bond donors (Lipinski definition) is 3. The second-order valence-electron chi connectivity index (χ2n) is 7.11. The number of hydrogen-bond acceptors (Lipinski definition) is 10. The summed E-state index contributed by atoms with van der Waals surface area (Å²) in [5, 5.41) is 3.21. The van der Waals surface area contributed by atoms with Crippen molar-refractivity contribution in [2.24, 2.45) is 5.84 Å². The molecule has 1 aliphatic rings. The van der Waals surface area contributed by atoms with Gasteiger partial charge in [-0.3, -0.25) is 21.0 Å². The normalized spacial score (nSPS) is 15.2. The standard InChI is InChI=1S/C18H21ClN4O3S.C4H10O3/c19-17-8-7-16(27-17)15(24)6-5-14-11-23(18(25)26-14)13-3-1-12(2-4-13)21-9-10-22-20;1-5-4(6-2)7-3/h1-4,7-8,14,21-22H,5-6,9-11,20H2;4H,1-3H3/t14-;/m0./s1. The van der Waals surface area contributed by atoms with E-state index in [2.05, 4.69) is 25.0 Å². The Morgan fingerprint density at radius 3 is 2.38 bits per heavy atom. The first kappa shape index (κ1) is 28.0. The van der Waals surface area contributed by atoms with Crippen LogP contribution in [-0.4, -0.2) is 65.4 Å². The van der Waals surface area contributed by atoms with E-state index in [1.54, 1.807) is 17.0 Å². The van der Waals surface area contributed by atoms with Crippen molar-refractivity contribution >= 4 is 46.2 Å². The molecular formula is C22H31ClN4O6S. The molecule has 0 aliphatic carbocycles. The van der Waals surface area contributed by atoms with Crippen LogP contribution in [0.5, 0.6) is 0 Å². The Balaban J connectivity index is 0.000000509. The van der Waals surface area contributed by atoms with Crippen LogP contribution in [0.4, 0.5) is 16.2 Å². The number of ether oxygens (including phenoxy) is 4. The molecule has 0 saturated carbocycles. The van der Waals surface area contributed by atoms with Crippen molar-refractivity contribution in [1.29, 1.82) is 0 Å². The molecule has 12 heteroatoms. The molecule has 2 heterocycles. The molecule has 1 atom stereocenters. The van der Waals surface area contributed by atoms with Crippen LogP contribution in [0, 0.1) is 0 Å². The van der Waals surface area contributed by atoms with Gasteiger partial charge in [-0.1, -0.05) is 11.6 Å². The topological polar surface area (TPSA) is 124 Å². The largest absolute Gasteiger partial charge is 0.444 e. The van der Waals surface area contributed by atoms with Gasteiger partial charge in [-0.25, -0.2) is 4.79 Å². The Morgan fingerprint density at radius 2 is 1.85 bits per heavy atom. The molecule has 1 amide bonds. The van der Waals surface area contributed by atoms with Crippen LogP contribution in [0.25, 0.3) is 0 Å². The van der Waals surface area contributed by atoms with E-state index in [-0.39, 0.29) is 18.0 Å². The van der Waals surface area contributed by atoms with E-state index in [0.717, 1.165) is 11.4 Å². The monoisotopic (exact) mass is 514 g/mol. The Labute approximate surface area is 208 Å². The van der Waals surface area contributed by atoms with Crippen molar-refractivity contribution < 1.29 is 28.5 Å². The smallest absolute Gasteiger partial charge is 0.414 e. The van der Waals surface area contributed by atoms with Crippen molar-refractivity contribution in [2.45, 2.75) is 25.4 Å². The second kappa shape index (κ2) is 14.9. The lowest BCUT2D eigenvalue weighted by atomic mass is 10.1. The zero-order chi connectivity index (χ0) is 24.9. The van der Waals surface area contributed by atoms with Crippen LogP contribution in [0.3, 0.4) is 0 Å². The lowest BCUT2D eigenvalue weighted by molar-refractivity contribution is -0.252. The third-order valence-corrected chi connectivity index (χ3v) is 6.04. The summed E-state index contributed by atoms with van der Waals surface area (Å²) in [6.07, 6.45) is 0.119. The van der Waals surface area contributed by atoms with Gasteiger partial charge in [0.2, 0.25) is 0 Å². The number of anilines is 2. The first-order valence-corrected chi connectivity index (χ1v) is 11.7. The lowest BCUT2D eigenvalue weighted by Gasteiger charge is -2.14. The van der Waals surface area contributed by atoms with E-state index in [1.165, 1.54) is 32.7 Å². The van der Waals surface area contributed by atoms with Gasteiger partial charge in [0, 0.05) is 52.2 Å². The summed E-state index contributed by atoms with van der Waals surface area (Å²) in [6.45, 7) is 1.27. The Bertz CT molecular complexity index is 888. The molecule has 188 valence electrons. The van der Waals surface area contributed by atoms with Crippen LogP contribution >= 0.6 is 22.9 Å². The molecule has 3 rings (SSSR count). The van der Waals surface area contributed by atoms with E-state index < -0.39 is 6.48 Å². The van der Waals surface area contributed by atoms with E-state index >= 15 is 0 Å². The summed E-state index contributed by atoms with van der Waals surface area (Å²) < 4.78 is 19.8. The maximum atomic E-state index is 12.2. The average molecular weight is 515 g/mol. The predicted molar refractivity (Wildman–Crippen MR) is 132 cm³/mol. The molecule has 1 fully saturated rings. The first-order chi connectivity index (χ1) is 16.4. The molecule has 1 saturated heterocycles. The fraction of sp³-hybridized carbons (Fsp3) is 0.455. The van der Waals surface area contributed by atoms with Crippen molar-refractivity contribution in [3.05, 3.63) is 45.6 Å². The number of cyclic esters (lactones) is 1. The highest BCUT2D eigenvalue weighted by atomic mass is 35.5. The third-order valence-electron chi connectivity index (χ3n) is 4.77.